The van der Waals surface area contributed by atoms with E-state index in [-0.39, 0.29) is 22.5 Å². The Kier molecular flexibility index (Phi) is 5.68. The van der Waals surface area contributed by atoms with Gasteiger partial charge >= 0.3 is 12.1 Å². The van der Waals surface area contributed by atoms with E-state index in [0.29, 0.717) is 0 Å². The van der Waals surface area contributed by atoms with Crippen LogP contribution in [-0.2, 0) is 9.53 Å². The lowest BCUT2D eigenvalue weighted by Gasteiger charge is -2.09. The number of halogens is 4. The fourth-order valence-electron chi connectivity index (χ4n) is 1.03. The molecule has 104 valence electrons. The predicted octanol–water partition coefficient (Wildman–Crippen LogP) is 3.84. The van der Waals surface area contributed by atoms with Gasteiger partial charge in [0, 0.05) is 5.02 Å². The van der Waals surface area contributed by atoms with Gasteiger partial charge in [-0.1, -0.05) is 29.4 Å². The van der Waals surface area contributed by atoms with Crippen molar-refractivity contribution in [1.82, 2.24) is 0 Å². The SMILES string of the molecule is COC(=O)CSC(=Nc1cccc(Cl)c1)C(F)(F)F. The molecule has 0 aliphatic rings. The molecule has 0 aliphatic heterocycles. The van der Waals surface area contributed by atoms with Crippen LogP contribution in [0.2, 0.25) is 5.02 Å². The normalized spacial score (nSPS) is 12.4. The van der Waals surface area contributed by atoms with Gasteiger partial charge in [0.15, 0.2) is 5.04 Å². The first-order chi connectivity index (χ1) is 8.82. The first kappa shape index (κ1) is 15.8. The number of aliphatic imine (C=N–C) groups is 1. The van der Waals surface area contributed by atoms with E-state index in [1.54, 1.807) is 0 Å². The minimum atomic E-state index is -4.64. The van der Waals surface area contributed by atoms with Crippen LogP contribution >= 0.6 is 23.4 Å². The number of ether oxygens (including phenoxy) is 1. The molecule has 19 heavy (non-hydrogen) atoms. The number of hydrogen-bond donors (Lipinski definition) is 0. The molecule has 0 radical (unpaired) electrons. The maximum absolute atomic E-state index is 12.7. The molecule has 0 spiro atoms. The molecule has 1 aromatic carbocycles. The lowest BCUT2D eigenvalue weighted by molar-refractivity contribution is -0.137. The van der Waals surface area contributed by atoms with Gasteiger partial charge in [-0.25, -0.2) is 4.99 Å². The number of nitrogens with zero attached hydrogens (tertiary/aromatic N) is 1. The number of hydrogen-bond acceptors (Lipinski definition) is 4. The summed E-state index contributed by atoms with van der Waals surface area (Å²) in [7, 11) is 1.10. The quantitative estimate of drug-likeness (QED) is 0.483. The van der Waals surface area contributed by atoms with E-state index in [1.807, 2.05) is 0 Å². The number of carbonyl (C=O) groups excluding carboxylic acids is 1. The van der Waals surface area contributed by atoms with Gasteiger partial charge in [0.1, 0.15) is 0 Å². The van der Waals surface area contributed by atoms with Crippen LogP contribution in [0.1, 0.15) is 0 Å². The lowest BCUT2D eigenvalue weighted by atomic mass is 10.3. The number of esters is 1. The van der Waals surface area contributed by atoms with E-state index >= 15 is 0 Å². The average Bonchev–Trinajstić information content (AvgIpc) is 2.32. The highest BCUT2D eigenvalue weighted by Gasteiger charge is 2.36. The van der Waals surface area contributed by atoms with Gasteiger partial charge in [-0.05, 0) is 18.2 Å². The molecule has 0 saturated heterocycles. The Hall–Kier alpha value is -1.21. The highest BCUT2D eigenvalue weighted by Crippen LogP contribution is 2.29. The molecule has 0 N–H and O–H groups in total. The van der Waals surface area contributed by atoms with Gasteiger partial charge in [0.05, 0.1) is 18.6 Å². The van der Waals surface area contributed by atoms with Crippen molar-refractivity contribution < 1.29 is 22.7 Å². The third kappa shape index (κ3) is 5.52. The smallest absolute Gasteiger partial charge is 0.439 e. The summed E-state index contributed by atoms with van der Waals surface area (Å²) in [6.07, 6.45) is -4.64. The van der Waals surface area contributed by atoms with E-state index in [0.717, 1.165) is 7.11 Å². The maximum Gasteiger partial charge on any atom is 0.439 e. The van der Waals surface area contributed by atoms with E-state index in [4.69, 9.17) is 11.6 Å². The molecule has 0 aromatic heterocycles. The highest BCUT2D eigenvalue weighted by molar-refractivity contribution is 8.14. The lowest BCUT2D eigenvalue weighted by Crippen LogP contribution is -2.21. The van der Waals surface area contributed by atoms with Crippen LogP contribution in [0.5, 0.6) is 0 Å². The topological polar surface area (TPSA) is 38.7 Å². The predicted molar refractivity (Wildman–Crippen MR) is 69.1 cm³/mol. The molecule has 0 heterocycles. The van der Waals surface area contributed by atoms with Gasteiger partial charge in [-0.15, -0.1) is 0 Å². The average molecular weight is 312 g/mol. The molecule has 3 nitrogen and oxygen atoms in total. The second-order valence-electron chi connectivity index (χ2n) is 3.26. The zero-order valence-electron chi connectivity index (χ0n) is 9.70. The number of alkyl halides is 3. The molecular formula is C11H9ClF3NO2S. The van der Waals surface area contributed by atoms with Crippen LogP contribution in [0.4, 0.5) is 18.9 Å². The van der Waals surface area contributed by atoms with Crippen molar-refractivity contribution in [3.63, 3.8) is 0 Å². The van der Waals surface area contributed by atoms with Crippen molar-refractivity contribution in [3.05, 3.63) is 29.3 Å². The van der Waals surface area contributed by atoms with Crippen LogP contribution < -0.4 is 0 Å². The third-order valence-corrected chi connectivity index (χ3v) is 3.05. The van der Waals surface area contributed by atoms with Gasteiger partial charge < -0.3 is 4.74 Å². The standard InChI is InChI=1S/C11H9ClF3NO2S/c1-18-9(17)6-19-10(11(13,14)15)16-8-4-2-3-7(12)5-8/h2-5H,6H2,1H3. The zero-order chi connectivity index (χ0) is 14.5. The summed E-state index contributed by atoms with van der Waals surface area (Å²) in [5.74, 6) is -1.22. The molecule has 1 aromatic rings. The van der Waals surface area contributed by atoms with Crippen molar-refractivity contribution in [2.24, 2.45) is 4.99 Å². The molecule has 8 heteroatoms. The van der Waals surface area contributed by atoms with Crippen molar-refractivity contribution in [1.29, 1.82) is 0 Å². The molecular weight excluding hydrogens is 303 g/mol. The molecule has 0 fully saturated rings. The number of methoxy groups -OCH3 is 1. The molecule has 0 unspecified atom stereocenters. The minimum Gasteiger partial charge on any atom is -0.468 e. The Balaban J connectivity index is 2.94. The summed E-state index contributed by atoms with van der Waals surface area (Å²) < 4.78 is 42.5. The molecule has 0 aliphatic carbocycles. The molecule has 1 rings (SSSR count). The van der Waals surface area contributed by atoms with Crippen molar-refractivity contribution in [3.8, 4) is 0 Å². The monoisotopic (exact) mass is 311 g/mol. The fourth-order valence-corrected chi connectivity index (χ4v) is 1.92. The van der Waals surface area contributed by atoms with Gasteiger partial charge in [-0.3, -0.25) is 4.79 Å². The molecule has 0 bridgehead atoms. The number of rotatable bonds is 3. The highest BCUT2D eigenvalue weighted by atomic mass is 35.5. The van der Waals surface area contributed by atoms with E-state index in [2.05, 4.69) is 9.73 Å². The Bertz CT molecular complexity index is 491. The van der Waals surface area contributed by atoms with Crippen LogP contribution in [0.25, 0.3) is 0 Å². The zero-order valence-corrected chi connectivity index (χ0v) is 11.3. The first-order valence-electron chi connectivity index (χ1n) is 4.94. The second-order valence-corrected chi connectivity index (χ2v) is 4.66. The van der Waals surface area contributed by atoms with Crippen molar-refractivity contribution in [2.75, 3.05) is 12.9 Å². The van der Waals surface area contributed by atoms with Crippen molar-refractivity contribution in [2.45, 2.75) is 6.18 Å². The van der Waals surface area contributed by atoms with Crippen LogP contribution in [0.3, 0.4) is 0 Å². The van der Waals surface area contributed by atoms with E-state index < -0.39 is 22.9 Å². The Labute approximate surface area is 116 Å². The second kappa shape index (κ2) is 6.81. The number of benzene rings is 1. The van der Waals surface area contributed by atoms with Crippen LogP contribution in [-0.4, -0.2) is 30.1 Å². The largest absolute Gasteiger partial charge is 0.468 e. The first-order valence-corrected chi connectivity index (χ1v) is 6.30. The summed E-state index contributed by atoms with van der Waals surface area (Å²) in [4.78, 5) is 14.3. The Morgan fingerprint density at radius 1 is 1.47 bits per heavy atom. The maximum atomic E-state index is 12.7. The summed E-state index contributed by atoms with van der Waals surface area (Å²) in [6, 6.07) is 5.69. The van der Waals surface area contributed by atoms with Gasteiger partial charge in [0.2, 0.25) is 0 Å². The summed E-state index contributed by atoms with van der Waals surface area (Å²) >= 11 is 5.93. The summed E-state index contributed by atoms with van der Waals surface area (Å²) in [5.41, 5.74) is 0.0668. The van der Waals surface area contributed by atoms with Crippen molar-refractivity contribution >= 4 is 40.1 Å². The number of carbonyl (C=O) groups is 1. The van der Waals surface area contributed by atoms with E-state index in [1.165, 1.54) is 24.3 Å². The molecule has 0 atom stereocenters. The van der Waals surface area contributed by atoms with Crippen LogP contribution in [0, 0.1) is 0 Å². The Morgan fingerprint density at radius 3 is 2.68 bits per heavy atom. The van der Waals surface area contributed by atoms with Gasteiger partial charge in [0.25, 0.3) is 0 Å². The minimum absolute atomic E-state index is 0.0668. The fraction of sp³-hybridized carbons (Fsp3) is 0.273. The van der Waals surface area contributed by atoms with E-state index in [9.17, 15) is 18.0 Å². The summed E-state index contributed by atoms with van der Waals surface area (Å²) in [6.45, 7) is 0. The Morgan fingerprint density at radius 2 is 2.16 bits per heavy atom. The summed E-state index contributed by atoms with van der Waals surface area (Å²) in [5, 5.41) is -0.846. The molecule has 0 amide bonds. The van der Waals surface area contributed by atoms with Crippen LogP contribution in [0.15, 0.2) is 29.3 Å². The number of thioether (sulfide) groups is 1. The molecule has 0 saturated carbocycles. The third-order valence-electron chi connectivity index (χ3n) is 1.84. The van der Waals surface area contributed by atoms with Gasteiger partial charge in [-0.2, -0.15) is 13.2 Å².